The molecule has 1 aromatic heterocycles. The molecule has 1 atom stereocenters. The summed E-state index contributed by atoms with van der Waals surface area (Å²) in [4.78, 5) is 17.7. The zero-order valence-corrected chi connectivity index (χ0v) is 12.1. The highest BCUT2D eigenvalue weighted by atomic mass is 32.1. The fraction of sp³-hybridized carbons (Fsp3) is 0.545. The molecule has 0 radical (unpaired) electrons. The average molecular weight is 271 g/mol. The molecule has 0 aromatic carbocycles. The lowest BCUT2D eigenvalue weighted by Gasteiger charge is -2.24. The Labute approximate surface area is 111 Å². The number of carbonyl (C=O) groups excluding carboxylic acids is 1. The summed E-state index contributed by atoms with van der Waals surface area (Å²) in [5, 5.41) is 3.38. The van der Waals surface area contributed by atoms with Crippen LogP contribution < -0.4 is 11.1 Å². The molecule has 0 aliphatic heterocycles. The van der Waals surface area contributed by atoms with Crippen LogP contribution in [-0.4, -0.2) is 15.9 Å². The average Bonchev–Trinajstić information content (AvgIpc) is 2.56. The number of carbonyl (C=O) groups is 1. The largest absolute Gasteiger partial charge is 0.392 e. The lowest BCUT2D eigenvalue weighted by Crippen LogP contribution is -2.43. The molecular weight excluding hydrogens is 254 g/mol. The number of thiocarbonyl (C=S) groups is 1. The fourth-order valence-corrected chi connectivity index (χ4v) is 2.25. The number of anilines is 1. The zero-order valence-electron chi connectivity index (χ0n) is 10.5. The highest BCUT2D eigenvalue weighted by molar-refractivity contribution is 7.80. The number of nitrogens with one attached hydrogen (secondary N) is 1. The van der Waals surface area contributed by atoms with Gasteiger partial charge in [-0.05, 0) is 27.2 Å². The first-order valence-corrected chi connectivity index (χ1v) is 6.59. The number of hydrogen-bond donors (Lipinski definition) is 2. The highest BCUT2D eigenvalue weighted by Crippen LogP contribution is 2.26. The first-order chi connectivity index (χ1) is 7.81. The molecular formula is C11H17N3OS2. The summed E-state index contributed by atoms with van der Waals surface area (Å²) >= 11 is 6.41. The van der Waals surface area contributed by atoms with Crippen molar-refractivity contribution in [3.8, 4) is 0 Å². The molecule has 94 valence electrons. The van der Waals surface area contributed by atoms with Gasteiger partial charge in [-0.1, -0.05) is 19.1 Å². The van der Waals surface area contributed by atoms with Crippen molar-refractivity contribution in [2.45, 2.75) is 34.1 Å². The van der Waals surface area contributed by atoms with Gasteiger partial charge in [0.05, 0.1) is 16.1 Å². The predicted octanol–water partition coefficient (Wildman–Crippen LogP) is 2.40. The van der Waals surface area contributed by atoms with Crippen molar-refractivity contribution >= 4 is 39.6 Å². The molecule has 1 amide bonds. The maximum atomic E-state index is 12.1. The summed E-state index contributed by atoms with van der Waals surface area (Å²) in [5.74, 6) is -0.193. The van der Waals surface area contributed by atoms with Crippen LogP contribution in [0.3, 0.4) is 0 Å². The molecule has 6 heteroatoms. The van der Waals surface area contributed by atoms with Crippen molar-refractivity contribution in [2.24, 2.45) is 11.1 Å². The van der Waals surface area contributed by atoms with Crippen molar-refractivity contribution in [3.05, 3.63) is 10.6 Å². The summed E-state index contributed by atoms with van der Waals surface area (Å²) in [6.07, 6.45) is 0.567. The Morgan fingerprint density at radius 3 is 2.53 bits per heavy atom. The van der Waals surface area contributed by atoms with Gasteiger partial charge in [-0.3, -0.25) is 4.79 Å². The van der Waals surface area contributed by atoms with Crippen molar-refractivity contribution < 1.29 is 4.79 Å². The molecule has 17 heavy (non-hydrogen) atoms. The Kier molecular flexibility index (Phi) is 4.21. The first kappa shape index (κ1) is 14.1. The van der Waals surface area contributed by atoms with Crippen LogP contribution >= 0.6 is 23.6 Å². The lowest BCUT2D eigenvalue weighted by atomic mass is 9.86. The Morgan fingerprint density at radius 2 is 2.18 bits per heavy atom. The van der Waals surface area contributed by atoms with Crippen molar-refractivity contribution in [1.82, 2.24) is 4.98 Å². The van der Waals surface area contributed by atoms with Crippen LogP contribution in [0.4, 0.5) is 5.13 Å². The van der Waals surface area contributed by atoms with E-state index in [-0.39, 0.29) is 10.9 Å². The van der Waals surface area contributed by atoms with Gasteiger partial charge < -0.3 is 11.1 Å². The van der Waals surface area contributed by atoms with Crippen LogP contribution in [0.1, 0.15) is 30.8 Å². The molecule has 1 unspecified atom stereocenters. The van der Waals surface area contributed by atoms with E-state index in [0.29, 0.717) is 11.6 Å². The van der Waals surface area contributed by atoms with E-state index in [2.05, 4.69) is 10.3 Å². The fourth-order valence-electron chi connectivity index (χ4n) is 1.21. The van der Waals surface area contributed by atoms with Gasteiger partial charge in [0.1, 0.15) is 0 Å². The van der Waals surface area contributed by atoms with Crippen LogP contribution in [0.5, 0.6) is 0 Å². The van der Waals surface area contributed by atoms with E-state index in [1.54, 1.807) is 6.92 Å². The van der Waals surface area contributed by atoms with E-state index in [0.717, 1.165) is 10.6 Å². The maximum Gasteiger partial charge on any atom is 0.238 e. The normalized spacial score (nSPS) is 14.1. The maximum absolute atomic E-state index is 12.1. The third-order valence-electron chi connectivity index (χ3n) is 3.00. The number of hydrogen-bond acceptors (Lipinski definition) is 4. The molecule has 1 aromatic rings. The van der Waals surface area contributed by atoms with Gasteiger partial charge in [0.25, 0.3) is 0 Å². The minimum absolute atomic E-state index is 0.193. The molecule has 3 N–H and O–H groups in total. The topological polar surface area (TPSA) is 68.0 Å². The Bertz CT molecular complexity index is 436. The van der Waals surface area contributed by atoms with Gasteiger partial charge >= 0.3 is 0 Å². The Morgan fingerprint density at radius 1 is 1.59 bits per heavy atom. The molecule has 1 rings (SSSR count). The van der Waals surface area contributed by atoms with Gasteiger partial charge in [-0.25, -0.2) is 4.98 Å². The predicted molar refractivity (Wildman–Crippen MR) is 75.4 cm³/mol. The highest BCUT2D eigenvalue weighted by Gasteiger charge is 2.35. The molecule has 0 aliphatic rings. The Balaban J connectivity index is 2.88. The summed E-state index contributed by atoms with van der Waals surface area (Å²) in [7, 11) is 0. The van der Waals surface area contributed by atoms with Gasteiger partial charge in [0, 0.05) is 4.88 Å². The molecule has 1 heterocycles. The van der Waals surface area contributed by atoms with Crippen LogP contribution in [0.2, 0.25) is 0 Å². The zero-order chi connectivity index (χ0) is 13.2. The van der Waals surface area contributed by atoms with Crippen molar-refractivity contribution in [2.75, 3.05) is 5.32 Å². The second kappa shape index (κ2) is 5.10. The van der Waals surface area contributed by atoms with Crippen molar-refractivity contribution in [1.29, 1.82) is 0 Å². The van der Waals surface area contributed by atoms with Crippen LogP contribution in [0.25, 0.3) is 0 Å². The van der Waals surface area contributed by atoms with Gasteiger partial charge in [0.2, 0.25) is 5.91 Å². The third-order valence-corrected chi connectivity index (χ3v) is 4.44. The molecule has 0 saturated heterocycles. The summed E-state index contributed by atoms with van der Waals surface area (Å²) in [5.41, 5.74) is 5.74. The third kappa shape index (κ3) is 2.81. The van der Waals surface area contributed by atoms with E-state index in [1.807, 2.05) is 20.8 Å². The molecule has 0 fully saturated rings. The standard InChI is InChI=1S/C11H17N3OS2/c1-5-11(4,8(12)16)9(15)14-10-13-6(2)7(3)17-10/h5H2,1-4H3,(H2,12,16)(H,13,14,15). The molecule has 0 spiro atoms. The van der Waals surface area contributed by atoms with Crippen molar-refractivity contribution in [3.63, 3.8) is 0 Å². The van der Waals surface area contributed by atoms with Gasteiger partial charge in [-0.2, -0.15) is 0 Å². The molecule has 4 nitrogen and oxygen atoms in total. The van der Waals surface area contributed by atoms with Crippen LogP contribution in [0.15, 0.2) is 0 Å². The lowest BCUT2D eigenvalue weighted by molar-refractivity contribution is -0.121. The SMILES string of the molecule is CCC(C)(C(=O)Nc1nc(C)c(C)s1)C(N)=S. The van der Waals surface area contributed by atoms with E-state index < -0.39 is 5.41 Å². The number of thiazole rings is 1. The van der Waals surface area contributed by atoms with E-state index in [4.69, 9.17) is 18.0 Å². The minimum atomic E-state index is -0.817. The number of nitrogens with zero attached hydrogens (tertiary/aromatic N) is 1. The Hall–Kier alpha value is -1.01. The number of rotatable bonds is 4. The monoisotopic (exact) mass is 271 g/mol. The quantitative estimate of drug-likeness (QED) is 0.825. The summed E-state index contributed by atoms with van der Waals surface area (Å²) in [6, 6.07) is 0. The first-order valence-electron chi connectivity index (χ1n) is 5.36. The number of aryl methyl sites for hydroxylation is 2. The summed E-state index contributed by atoms with van der Waals surface area (Å²) < 4.78 is 0. The smallest absolute Gasteiger partial charge is 0.238 e. The molecule has 0 bridgehead atoms. The summed E-state index contributed by atoms with van der Waals surface area (Å²) in [6.45, 7) is 7.51. The molecule has 0 aliphatic carbocycles. The second-order valence-corrected chi connectivity index (χ2v) is 5.81. The van der Waals surface area contributed by atoms with Crippen LogP contribution in [-0.2, 0) is 4.79 Å². The minimum Gasteiger partial charge on any atom is -0.392 e. The number of aromatic nitrogens is 1. The number of amides is 1. The van der Waals surface area contributed by atoms with E-state index in [9.17, 15) is 4.79 Å². The number of nitrogens with two attached hydrogens (primary N) is 1. The van der Waals surface area contributed by atoms with E-state index >= 15 is 0 Å². The van der Waals surface area contributed by atoms with Crippen LogP contribution in [0, 0.1) is 19.3 Å². The van der Waals surface area contributed by atoms with Gasteiger partial charge in [0.15, 0.2) is 5.13 Å². The molecule has 0 saturated carbocycles. The second-order valence-electron chi connectivity index (χ2n) is 4.16. The van der Waals surface area contributed by atoms with Gasteiger partial charge in [-0.15, -0.1) is 11.3 Å². The van der Waals surface area contributed by atoms with E-state index in [1.165, 1.54) is 11.3 Å².